The van der Waals surface area contributed by atoms with Crippen LogP contribution < -0.4 is 10.1 Å². The number of hydrogen-bond acceptors (Lipinski definition) is 4. The summed E-state index contributed by atoms with van der Waals surface area (Å²) in [5.74, 6) is 0.0543. The highest BCUT2D eigenvalue weighted by atomic mass is 16.5. The van der Waals surface area contributed by atoms with Crippen LogP contribution >= 0.6 is 0 Å². The first-order valence-corrected chi connectivity index (χ1v) is 8.40. The Morgan fingerprint density at radius 3 is 2.70 bits per heavy atom. The van der Waals surface area contributed by atoms with Crippen LogP contribution in [0.4, 0.5) is 0 Å². The average Bonchev–Trinajstić information content (AvgIpc) is 2.58. The van der Waals surface area contributed by atoms with Gasteiger partial charge in [-0.2, -0.15) is 0 Å². The highest BCUT2D eigenvalue weighted by Gasteiger charge is 2.17. The van der Waals surface area contributed by atoms with Crippen LogP contribution in [0.1, 0.15) is 62.9 Å². The van der Waals surface area contributed by atoms with Gasteiger partial charge in [-0.15, -0.1) is 0 Å². The summed E-state index contributed by atoms with van der Waals surface area (Å²) in [5, 5.41) is 2.63. The molecule has 0 fully saturated rings. The number of carbonyl (C=O) groups is 2. The first-order chi connectivity index (χ1) is 11.1. The molecule has 0 bridgehead atoms. The molecule has 0 aromatic carbocycles. The van der Waals surface area contributed by atoms with Crippen molar-refractivity contribution in [2.75, 3.05) is 13.7 Å². The zero-order valence-corrected chi connectivity index (χ0v) is 14.4. The van der Waals surface area contributed by atoms with Gasteiger partial charge >= 0.3 is 0 Å². The molecule has 1 N–H and O–H groups in total. The lowest BCUT2D eigenvalue weighted by atomic mass is 9.98. The van der Waals surface area contributed by atoms with Crippen LogP contribution in [0.15, 0.2) is 18.3 Å². The molecule has 1 aromatic heterocycles. The number of amides is 1. The Morgan fingerprint density at radius 1 is 1.26 bits per heavy atom. The van der Waals surface area contributed by atoms with E-state index < -0.39 is 0 Å². The minimum atomic E-state index is -0.383. The van der Waals surface area contributed by atoms with Gasteiger partial charge in [0.05, 0.1) is 13.7 Å². The maximum atomic E-state index is 12.1. The zero-order valence-electron chi connectivity index (χ0n) is 14.4. The van der Waals surface area contributed by atoms with Crippen molar-refractivity contribution in [1.82, 2.24) is 10.3 Å². The minimum Gasteiger partial charge on any atom is -0.494 e. The van der Waals surface area contributed by atoms with E-state index in [1.54, 1.807) is 12.1 Å². The van der Waals surface area contributed by atoms with E-state index in [-0.39, 0.29) is 29.8 Å². The smallest absolute Gasteiger partial charge is 0.274 e. The van der Waals surface area contributed by atoms with E-state index >= 15 is 0 Å². The number of ether oxygens (including phenoxy) is 1. The summed E-state index contributed by atoms with van der Waals surface area (Å²) in [6.45, 7) is 4.15. The first kappa shape index (κ1) is 19.1. The molecule has 0 aliphatic rings. The third kappa shape index (κ3) is 6.80. The topological polar surface area (TPSA) is 68.3 Å². The van der Waals surface area contributed by atoms with Gasteiger partial charge in [0, 0.05) is 12.1 Å². The quantitative estimate of drug-likeness (QED) is 0.635. The number of carbonyl (C=O) groups excluding carboxylic acids is 2. The van der Waals surface area contributed by atoms with Crippen molar-refractivity contribution in [2.24, 2.45) is 5.92 Å². The summed E-state index contributed by atoms with van der Waals surface area (Å²) in [5.41, 5.74) is 0.204. The van der Waals surface area contributed by atoms with Crippen molar-refractivity contribution >= 4 is 11.7 Å². The third-order valence-corrected chi connectivity index (χ3v) is 3.92. The molecule has 1 heterocycles. The Morgan fingerprint density at radius 2 is 2.00 bits per heavy atom. The maximum Gasteiger partial charge on any atom is 0.274 e. The SMILES string of the molecule is CCCCCCCC(C)C(=O)CNC(=O)c1ncccc1OC. The van der Waals surface area contributed by atoms with E-state index in [1.165, 1.54) is 39.0 Å². The van der Waals surface area contributed by atoms with E-state index in [0.717, 1.165) is 12.8 Å². The van der Waals surface area contributed by atoms with E-state index in [1.807, 2.05) is 6.92 Å². The number of Topliss-reactive ketones (excluding diaryl/α,β-unsaturated/α-hetero) is 1. The molecule has 5 nitrogen and oxygen atoms in total. The number of nitrogens with one attached hydrogen (secondary N) is 1. The molecular formula is C18H28N2O3. The molecule has 0 aliphatic carbocycles. The van der Waals surface area contributed by atoms with Crippen molar-refractivity contribution in [3.05, 3.63) is 24.0 Å². The molecule has 1 rings (SSSR count). The molecule has 0 saturated carbocycles. The third-order valence-electron chi connectivity index (χ3n) is 3.92. The molecule has 1 unspecified atom stereocenters. The van der Waals surface area contributed by atoms with Crippen molar-refractivity contribution in [2.45, 2.75) is 52.4 Å². The normalized spacial score (nSPS) is 11.8. The predicted molar refractivity (Wildman–Crippen MR) is 90.7 cm³/mol. The summed E-state index contributed by atoms with van der Waals surface area (Å²) in [6, 6.07) is 3.37. The Labute approximate surface area is 138 Å². The maximum absolute atomic E-state index is 12.1. The molecule has 1 amide bonds. The highest BCUT2D eigenvalue weighted by molar-refractivity contribution is 5.97. The number of pyridine rings is 1. The summed E-state index contributed by atoms with van der Waals surface area (Å²) < 4.78 is 5.10. The number of nitrogens with zero attached hydrogens (tertiary/aromatic N) is 1. The van der Waals surface area contributed by atoms with Gasteiger partial charge in [0.25, 0.3) is 5.91 Å². The van der Waals surface area contributed by atoms with Crippen LogP contribution in [0.25, 0.3) is 0 Å². The summed E-state index contributed by atoms with van der Waals surface area (Å²) in [4.78, 5) is 28.2. The summed E-state index contributed by atoms with van der Waals surface area (Å²) >= 11 is 0. The highest BCUT2D eigenvalue weighted by Crippen LogP contribution is 2.14. The monoisotopic (exact) mass is 320 g/mol. The van der Waals surface area contributed by atoms with Crippen LogP contribution in [-0.2, 0) is 4.79 Å². The lowest BCUT2D eigenvalue weighted by Crippen LogP contribution is -2.33. The molecule has 128 valence electrons. The fourth-order valence-corrected chi connectivity index (χ4v) is 2.37. The van der Waals surface area contributed by atoms with Crippen molar-refractivity contribution in [1.29, 1.82) is 0 Å². The summed E-state index contributed by atoms with van der Waals surface area (Å²) in [6.07, 6.45) is 8.34. The second-order valence-corrected chi connectivity index (χ2v) is 5.81. The van der Waals surface area contributed by atoms with Crippen LogP contribution in [0.2, 0.25) is 0 Å². The molecule has 1 atom stereocenters. The van der Waals surface area contributed by atoms with Gasteiger partial charge in [-0.05, 0) is 18.6 Å². The van der Waals surface area contributed by atoms with Gasteiger partial charge in [-0.3, -0.25) is 9.59 Å². The average molecular weight is 320 g/mol. The van der Waals surface area contributed by atoms with Gasteiger partial charge in [-0.1, -0.05) is 46.0 Å². The number of rotatable bonds is 11. The van der Waals surface area contributed by atoms with Crippen molar-refractivity contribution in [3.63, 3.8) is 0 Å². The van der Waals surface area contributed by atoms with Gasteiger partial charge in [-0.25, -0.2) is 4.98 Å². The number of ketones is 1. The van der Waals surface area contributed by atoms with Crippen LogP contribution in [0.5, 0.6) is 5.75 Å². The predicted octanol–water partition coefficient (Wildman–Crippen LogP) is 3.39. The lowest BCUT2D eigenvalue weighted by molar-refractivity contribution is -0.121. The zero-order chi connectivity index (χ0) is 17.1. The van der Waals surface area contributed by atoms with Gasteiger partial charge in [0.15, 0.2) is 11.5 Å². The van der Waals surface area contributed by atoms with Crippen molar-refractivity contribution < 1.29 is 14.3 Å². The van der Waals surface area contributed by atoms with Gasteiger partial charge < -0.3 is 10.1 Å². The second kappa shape index (κ2) is 10.8. The molecule has 5 heteroatoms. The molecule has 0 spiro atoms. The number of methoxy groups -OCH3 is 1. The Bertz CT molecular complexity index is 503. The summed E-state index contributed by atoms with van der Waals surface area (Å²) in [7, 11) is 1.49. The largest absolute Gasteiger partial charge is 0.494 e. The van der Waals surface area contributed by atoms with E-state index in [2.05, 4.69) is 17.2 Å². The number of unbranched alkanes of at least 4 members (excludes halogenated alkanes) is 4. The molecule has 0 radical (unpaired) electrons. The minimum absolute atomic E-state index is 0.0254. The fraction of sp³-hybridized carbons (Fsp3) is 0.611. The second-order valence-electron chi connectivity index (χ2n) is 5.81. The molecule has 1 aromatic rings. The van der Waals surface area contributed by atoms with Crippen LogP contribution in [0, 0.1) is 5.92 Å². The Balaban J connectivity index is 2.35. The van der Waals surface area contributed by atoms with E-state index in [9.17, 15) is 9.59 Å². The van der Waals surface area contributed by atoms with Gasteiger partial charge in [0.1, 0.15) is 5.75 Å². The fourth-order valence-electron chi connectivity index (χ4n) is 2.37. The molecular weight excluding hydrogens is 292 g/mol. The van der Waals surface area contributed by atoms with E-state index in [0.29, 0.717) is 5.75 Å². The molecule has 23 heavy (non-hydrogen) atoms. The standard InChI is InChI=1S/C18H28N2O3/c1-4-5-6-7-8-10-14(2)15(21)13-20-18(22)17-16(23-3)11-9-12-19-17/h9,11-12,14H,4-8,10,13H2,1-3H3,(H,20,22). The molecule has 0 aliphatic heterocycles. The Hall–Kier alpha value is -1.91. The van der Waals surface area contributed by atoms with Crippen molar-refractivity contribution in [3.8, 4) is 5.75 Å². The first-order valence-electron chi connectivity index (χ1n) is 8.40. The van der Waals surface area contributed by atoms with Gasteiger partial charge in [0.2, 0.25) is 0 Å². The Kier molecular flexibility index (Phi) is 8.95. The van der Waals surface area contributed by atoms with E-state index in [4.69, 9.17) is 4.74 Å². The van der Waals surface area contributed by atoms with Crippen LogP contribution in [-0.4, -0.2) is 30.3 Å². The number of hydrogen-bond donors (Lipinski definition) is 1. The molecule has 0 saturated heterocycles. The van der Waals surface area contributed by atoms with Crippen LogP contribution in [0.3, 0.4) is 0 Å². The lowest BCUT2D eigenvalue weighted by Gasteiger charge is -2.12. The number of aromatic nitrogens is 1.